The quantitative estimate of drug-likeness (QED) is 0.462. The average Bonchev–Trinajstić information content (AvgIpc) is 2.04. The zero-order chi connectivity index (χ0) is 10.3. The van der Waals surface area contributed by atoms with Crippen LogP contribution in [0.5, 0.6) is 0 Å². The Kier molecular flexibility index (Phi) is 6.24. The summed E-state index contributed by atoms with van der Waals surface area (Å²) in [6, 6.07) is 0. The third-order valence-corrected chi connectivity index (χ3v) is 2.27. The smallest absolute Gasteiger partial charge is 0.126 e. The summed E-state index contributed by atoms with van der Waals surface area (Å²) in [6.45, 7) is 4.03. The Labute approximate surface area is 80.0 Å². The predicted molar refractivity (Wildman–Crippen MR) is 51.3 cm³/mol. The van der Waals surface area contributed by atoms with Crippen molar-refractivity contribution in [2.24, 2.45) is 0 Å². The molecule has 0 amide bonds. The third-order valence-electron chi connectivity index (χ3n) is 2.27. The van der Waals surface area contributed by atoms with Crippen molar-refractivity contribution in [3.8, 4) is 0 Å². The maximum atomic E-state index is 9.30. The standard InChI is InChI=1S/C9H22NO3/c1-3-4-10(2,5-6-11)7-9(13)8-12/h9,11-13H,3-8H2,1-2H3/q+1. The molecule has 0 saturated heterocycles. The first-order chi connectivity index (χ1) is 6.08. The summed E-state index contributed by atoms with van der Waals surface area (Å²) in [5, 5.41) is 26.9. The highest BCUT2D eigenvalue weighted by molar-refractivity contribution is 4.51. The lowest BCUT2D eigenvalue weighted by Gasteiger charge is -2.35. The Morgan fingerprint density at radius 2 is 1.85 bits per heavy atom. The Balaban J connectivity index is 4.05. The number of hydrogen-bond donors (Lipinski definition) is 3. The van der Waals surface area contributed by atoms with Crippen LogP contribution >= 0.6 is 0 Å². The Morgan fingerprint density at radius 3 is 2.23 bits per heavy atom. The van der Waals surface area contributed by atoms with E-state index in [9.17, 15) is 5.11 Å². The monoisotopic (exact) mass is 192 g/mol. The Hall–Kier alpha value is -0.160. The lowest BCUT2D eigenvalue weighted by Crippen LogP contribution is -2.51. The first-order valence-corrected chi connectivity index (χ1v) is 4.81. The van der Waals surface area contributed by atoms with Crippen molar-refractivity contribution in [2.45, 2.75) is 19.4 Å². The molecule has 0 bridgehead atoms. The highest BCUT2D eigenvalue weighted by atomic mass is 16.3. The molecule has 13 heavy (non-hydrogen) atoms. The molecule has 0 saturated carbocycles. The summed E-state index contributed by atoms with van der Waals surface area (Å²) in [5.74, 6) is 0. The Bertz CT molecular complexity index is 124. The highest BCUT2D eigenvalue weighted by Gasteiger charge is 2.23. The maximum Gasteiger partial charge on any atom is 0.126 e. The topological polar surface area (TPSA) is 60.7 Å². The van der Waals surface area contributed by atoms with E-state index in [1.807, 2.05) is 7.05 Å². The molecule has 2 unspecified atom stereocenters. The average molecular weight is 192 g/mol. The summed E-state index contributed by atoms with van der Waals surface area (Å²) in [5.41, 5.74) is 0. The van der Waals surface area contributed by atoms with Crippen molar-refractivity contribution in [3.63, 3.8) is 0 Å². The number of quaternary nitrogens is 1. The fourth-order valence-electron chi connectivity index (χ4n) is 1.64. The summed E-state index contributed by atoms with van der Waals surface area (Å²) in [4.78, 5) is 0. The summed E-state index contributed by atoms with van der Waals surface area (Å²) < 4.78 is 0.620. The van der Waals surface area contributed by atoms with Gasteiger partial charge in [0, 0.05) is 0 Å². The van der Waals surface area contributed by atoms with E-state index in [-0.39, 0.29) is 13.2 Å². The van der Waals surface area contributed by atoms with Crippen molar-refractivity contribution >= 4 is 0 Å². The molecule has 0 fully saturated rings. The van der Waals surface area contributed by atoms with Crippen molar-refractivity contribution in [2.75, 3.05) is 39.9 Å². The molecule has 0 aliphatic carbocycles. The van der Waals surface area contributed by atoms with E-state index in [4.69, 9.17) is 10.2 Å². The van der Waals surface area contributed by atoms with Gasteiger partial charge in [0.15, 0.2) is 0 Å². The van der Waals surface area contributed by atoms with Crippen molar-refractivity contribution < 1.29 is 19.8 Å². The fraction of sp³-hybridized carbons (Fsp3) is 1.00. The van der Waals surface area contributed by atoms with Crippen LogP contribution in [0.4, 0.5) is 0 Å². The van der Waals surface area contributed by atoms with Gasteiger partial charge in [0.25, 0.3) is 0 Å². The van der Waals surface area contributed by atoms with E-state index in [2.05, 4.69) is 6.92 Å². The molecular weight excluding hydrogens is 170 g/mol. The second-order valence-electron chi connectivity index (χ2n) is 3.81. The minimum atomic E-state index is -0.678. The van der Waals surface area contributed by atoms with E-state index < -0.39 is 6.10 Å². The van der Waals surface area contributed by atoms with Gasteiger partial charge in [0.1, 0.15) is 19.2 Å². The van der Waals surface area contributed by atoms with E-state index >= 15 is 0 Å². The van der Waals surface area contributed by atoms with Gasteiger partial charge in [-0.05, 0) is 6.42 Å². The minimum Gasteiger partial charge on any atom is -0.393 e. The van der Waals surface area contributed by atoms with Crippen LogP contribution in [-0.2, 0) is 0 Å². The van der Waals surface area contributed by atoms with Crippen LogP contribution in [0.3, 0.4) is 0 Å². The Morgan fingerprint density at radius 1 is 1.23 bits per heavy atom. The molecule has 0 spiro atoms. The molecule has 0 aliphatic rings. The van der Waals surface area contributed by atoms with Crippen LogP contribution in [0.1, 0.15) is 13.3 Å². The molecule has 4 heteroatoms. The molecule has 0 rings (SSSR count). The molecule has 0 aromatic carbocycles. The van der Waals surface area contributed by atoms with Crippen LogP contribution < -0.4 is 0 Å². The molecule has 0 aromatic heterocycles. The number of aliphatic hydroxyl groups excluding tert-OH is 3. The van der Waals surface area contributed by atoms with Crippen LogP contribution in [0.25, 0.3) is 0 Å². The molecule has 0 aliphatic heterocycles. The molecule has 0 radical (unpaired) electrons. The van der Waals surface area contributed by atoms with Crippen molar-refractivity contribution in [3.05, 3.63) is 0 Å². The van der Waals surface area contributed by atoms with Gasteiger partial charge in [0.05, 0.1) is 26.8 Å². The number of aliphatic hydroxyl groups is 3. The van der Waals surface area contributed by atoms with Gasteiger partial charge in [-0.3, -0.25) is 0 Å². The fourth-order valence-corrected chi connectivity index (χ4v) is 1.64. The highest BCUT2D eigenvalue weighted by Crippen LogP contribution is 2.05. The predicted octanol–water partition coefficient (Wildman–Crippen LogP) is -0.812. The van der Waals surface area contributed by atoms with Crippen LogP contribution in [-0.4, -0.2) is 65.8 Å². The van der Waals surface area contributed by atoms with Gasteiger partial charge < -0.3 is 19.8 Å². The lowest BCUT2D eigenvalue weighted by molar-refractivity contribution is -0.912. The van der Waals surface area contributed by atoms with Crippen molar-refractivity contribution in [1.82, 2.24) is 0 Å². The zero-order valence-electron chi connectivity index (χ0n) is 8.61. The van der Waals surface area contributed by atoms with Gasteiger partial charge in [-0.2, -0.15) is 0 Å². The first kappa shape index (κ1) is 12.8. The minimum absolute atomic E-state index is 0.120. The van der Waals surface area contributed by atoms with Gasteiger partial charge in [-0.1, -0.05) is 6.92 Å². The summed E-state index contributed by atoms with van der Waals surface area (Å²) in [7, 11) is 1.98. The first-order valence-electron chi connectivity index (χ1n) is 4.81. The van der Waals surface area contributed by atoms with Gasteiger partial charge in [-0.25, -0.2) is 0 Å². The lowest BCUT2D eigenvalue weighted by atomic mass is 10.2. The molecule has 80 valence electrons. The summed E-state index contributed by atoms with van der Waals surface area (Å²) >= 11 is 0. The van der Waals surface area contributed by atoms with Gasteiger partial charge >= 0.3 is 0 Å². The van der Waals surface area contributed by atoms with E-state index in [1.54, 1.807) is 0 Å². The SMILES string of the molecule is CCC[N+](C)(CCO)CC(O)CO. The largest absolute Gasteiger partial charge is 0.393 e. The number of rotatable bonds is 7. The second-order valence-corrected chi connectivity index (χ2v) is 3.81. The maximum absolute atomic E-state index is 9.30. The molecule has 0 aromatic rings. The van der Waals surface area contributed by atoms with E-state index in [0.29, 0.717) is 17.6 Å². The van der Waals surface area contributed by atoms with Crippen LogP contribution in [0.2, 0.25) is 0 Å². The molecule has 3 N–H and O–H groups in total. The molecule has 4 nitrogen and oxygen atoms in total. The molecule has 0 heterocycles. The van der Waals surface area contributed by atoms with E-state index in [0.717, 1.165) is 13.0 Å². The molecule has 2 atom stereocenters. The van der Waals surface area contributed by atoms with Gasteiger partial charge in [-0.15, -0.1) is 0 Å². The normalized spacial score (nSPS) is 18.2. The second kappa shape index (κ2) is 6.32. The van der Waals surface area contributed by atoms with Crippen molar-refractivity contribution in [1.29, 1.82) is 0 Å². The molecular formula is C9H22NO3+. The van der Waals surface area contributed by atoms with E-state index in [1.165, 1.54) is 0 Å². The zero-order valence-corrected chi connectivity index (χ0v) is 8.61. The number of nitrogens with zero attached hydrogens (tertiary/aromatic N) is 1. The van der Waals surface area contributed by atoms with Gasteiger partial charge in [0.2, 0.25) is 0 Å². The van der Waals surface area contributed by atoms with Crippen LogP contribution in [0, 0.1) is 0 Å². The van der Waals surface area contributed by atoms with Crippen LogP contribution in [0.15, 0.2) is 0 Å². The number of likely N-dealkylation sites (N-methyl/N-ethyl adjacent to an activating group) is 1. The number of hydrogen-bond acceptors (Lipinski definition) is 3. The summed E-state index contributed by atoms with van der Waals surface area (Å²) in [6.07, 6.45) is 0.331. The third kappa shape index (κ3) is 5.21.